The van der Waals surface area contributed by atoms with Crippen LogP contribution in [0.4, 0.5) is 0 Å². The molecule has 6 nitrogen and oxygen atoms in total. The Morgan fingerprint density at radius 1 is 1.26 bits per heavy atom. The van der Waals surface area contributed by atoms with Crippen LogP contribution in [0.3, 0.4) is 0 Å². The highest BCUT2D eigenvalue weighted by molar-refractivity contribution is 7.88. The van der Waals surface area contributed by atoms with Gasteiger partial charge in [-0.15, -0.1) is 0 Å². The van der Waals surface area contributed by atoms with Crippen LogP contribution < -0.4 is 0 Å². The molecule has 0 aliphatic carbocycles. The Kier molecular flexibility index (Phi) is 3.38. The SMILES string of the molecule is CS(=O)(=O)N1CC2CN(Cc3ccoc3)CC(C1)O2. The van der Waals surface area contributed by atoms with Crippen LogP contribution in [0.25, 0.3) is 0 Å². The monoisotopic (exact) mass is 286 g/mol. The van der Waals surface area contributed by atoms with E-state index in [0.29, 0.717) is 13.1 Å². The lowest BCUT2D eigenvalue weighted by Crippen LogP contribution is -2.60. The zero-order valence-corrected chi connectivity index (χ0v) is 11.7. The molecule has 7 heteroatoms. The molecule has 2 saturated heterocycles. The van der Waals surface area contributed by atoms with E-state index in [0.717, 1.165) is 25.2 Å². The molecule has 0 amide bonds. The van der Waals surface area contributed by atoms with Crippen LogP contribution in [0, 0.1) is 0 Å². The van der Waals surface area contributed by atoms with E-state index in [1.54, 1.807) is 12.5 Å². The minimum absolute atomic E-state index is 0.0332. The predicted molar refractivity (Wildman–Crippen MR) is 69.1 cm³/mol. The number of furan rings is 1. The Morgan fingerprint density at radius 3 is 2.47 bits per heavy atom. The molecule has 2 fully saturated rings. The molecular weight excluding hydrogens is 268 g/mol. The number of fused-ring (bicyclic) bond motifs is 2. The number of rotatable bonds is 3. The van der Waals surface area contributed by atoms with Crippen LogP contribution in [0.15, 0.2) is 23.0 Å². The van der Waals surface area contributed by atoms with E-state index < -0.39 is 10.0 Å². The van der Waals surface area contributed by atoms with Crippen molar-refractivity contribution in [3.05, 3.63) is 24.2 Å². The van der Waals surface area contributed by atoms with Crippen molar-refractivity contribution in [1.82, 2.24) is 9.21 Å². The minimum atomic E-state index is -3.12. The van der Waals surface area contributed by atoms with E-state index in [2.05, 4.69) is 4.90 Å². The fraction of sp³-hybridized carbons (Fsp3) is 0.667. The molecule has 3 heterocycles. The summed E-state index contributed by atoms with van der Waals surface area (Å²) in [5, 5.41) is 0. The van der Waals surface area contributed by atoms with Crippen LogP contribution >= 0.6 is 0 Å². The number of ether oxygens (including phenoxy) is 1. The standard InChI is InChI=1S/C12H18N2O4S/c1-19(15,16)14-7-11-5-13(6-12(8-14)18-11)4-10-2-3-17-9-10/h2-3,9,11-12H,4-8H2,1H3. The van der Waals surface area contributed by atoms with Gasteiger partial charge < -0.3 is 9.15 Å². The number of nitrogens with zero attached hydrogens (tertiary/aromatic N) is 2. The number of morpholine rings is 2. The fourth-order valence-electron chi connectivity index (χ4n) is 2.78. The molecule has 1 aromatic rings. The molecule has 2 unspecified atom stereocenters. The van der Waals surface area contributed by atoms with Gasteiger partial charge in [-0.2, -0.15) is 4.31 Å². The zero-order chi connectivity index (χ0) is 13.5. The third-order valence-corrected chi connectivity index (χ3v) is 4.81. The van der Waals surface area contributed by atoms with Crippen molar-refractivity contribution >= 4 is 10.0 Å². The molecule has 1 aromatic heterocycles. The first-order valence-electron chi connectivity index (χ1n) is 6.35. The van der Waals surface area contributed by atoms with Crippen molar-refractivity contribution in [2.75, 3.05) is 32.4 Å². The summed E-state index contributed by atoms with van der Waals surface area (Å²) in [6.45, 7) is 3.25. The molecule has 2 atom stereocenters. The van der Waals surface area contributed by atoms with Gasteiger partial charge in [-0.05, 0) is 6.07 Å². The average Bonchev–Trinajstić information content (AvgIpc) is 2.79. The van der Waals surface area contributed by atoms with Gasteiger partial charge in [0.05, 0.1) is 31.0 Å². The van der Waals surface area contributed by atoms with E-state index in [9.17, 15) is 8.42 Å². The van der Waals surface area contributed by atoms with Crippen molar-refractivity contribution < 1.29 is 17.6 Å². The molecule has 106 valence electrons. The van der Waals surface area contributed by atoms with Gasteiger partial charge in [0.25, 0.3) is 0 Å². The summed E-state index contributed by atoms with van der Waals surface area (Å²) in [6, 6.07) is 1.95. The molecule has 3 rings (SSSR count). The summed E-state index contributed by atoms with van der Waals surface area (Å²) in [6.07, 6.45) is 4.61. The second kappa shape index (κ2) is 4.90. The van der Waals surface area contributed by atoms with Crippen molar-refractivity contribution in [1.29, 1.82) is 0 Å². The lowest BCUT2D eigenvalue weighted by molar-refractivity contribution is -0.124. The molecule has 0 spiro atoms. The lowest BCUT2D eigenvalue weighted by Gasteiger charge is -2.44. The van der Waals surface area contributed by atoms with Gasteiger partial charge in [0.1, 0.15) is 0 Å². The minimum Gasteiger partial charge on any atom is -0.472 e. The smallest absolute Gasteiger partial charge is 0.211 e. The number of hydrogen-bond acceptors (Lipinski definition) is 5. The summed E-state index contributed by atoms with van der Waals surface area (Å²) in [4.78, 5) is 2.29. The van der Waals surface area contributed by atoms with Crippen molar-refractivity contribution in [2.24, 2.45) is 0 Å². The van der Waals surface area contributed by atoms with E-state index in [1.165, 1.54) is 10.6 Å². The summed E-state index contributed by atoms with van der Waals surface area (Å²) >= 11 is 0. The van der Waals surface area contributed by atoms with E-state index in [1.807, 2.05) is 6.07 Å². The topological polar surface area (TPSA) is 63.0 Å². The predicted octanol–water partition coefficient (Wildman–Crippen LogP) is 0.124. The van der Waals surface area contributed by atoms with Gasteiger partial charge in [-0.3, -0.25) is 4.90 Å². The molecule has 2 aliphatic heterocycles. The molecule has 0 aromatic carbocycles. The summed E-state index contributed by atoms with van der Waals surface area (Å²) in [5.41, 5.74) is 1.14. The van der Waals surface area contributed by atoms with Crippen LogP contribution in [-0.4, -0.2) is 62.3 Å². The lowest BCUT2D eigenvalue weighted by atomic mass is 10.1. The third-order valence-electron chi connectivity index (χ3n) is 3.58. The molecule has 0 saturated carbocycles. The van der Waals surface area contributed by atoms with Gasteiger partial charge in [0, 0.05) is 38.3 Å². The normalized spacial score (nSPS) is 29.5. The highest BCUT2D eigenvalue weighted by Crippen LogP contribution is 2.22. The van der Waals surface area contributed by atoms with Gasteiger partial charge in [-0.25, -0.2) is 8.42 Å². The van der Waals surface area contributed by atoms with Crippen LogP contribution in [-0.2, 0) is 21.3 Å². The molecule has 2 aliphatic rings. The summed E-state index contributed by atoms with van der Waals surface area (Å²) in [7, 11) is -3.12. The molecule has 19 heavy (non-hydrogen) atoms. The Hall–Kier alpha value is -0.890. The van der Waals surface area contributed by atoms with Gasteiger partial charge in [-0.1, -0.05) is 0 Å². The maximum Gasteiger partial charge on any atom is 0.211 e. The average molecular weight is 286 g/mol. The number of hydrogen-bond donors (Lipinski definition) is 0. The van der Waals surface area contributed by atoms with Crippen molar-refractivity contribution in [3.63, 3.8) is 0 Å². The first-order chi connectivity index (χ1) is 9.00. The van der Waals surface area contributed by atoms with E-state index in [4.69, 9.17) is 9.15 Å². The van der Waals surface area contributed by atoms with Gasteiger partial charge in [0.2, 0.25) is 10.0 Å². The van der Waals surface area contributed by atoms with Gasteiger partial charge in [0.15, 0.2) is 0 Å². The Balaban J connectivity index is 1.65. The fourth-order valence-corrected chi connectivity index (χ4v) is 3.65. The van der Waals surface area contributed by atoms with Gasteiger partial charge >= 0.3 is 0 Å². The second-order valence-corrected chi connectivity index (χ2v) is 7.27. The largest absolute Gasteiger partial charge is 0.472 e. The van der Waals surface area contributed by atoms with Crippen molar-refractivity contribution in [2.45, 2.75) is 18.8 Å². The van der Waals surface area contributed by atoms with E-state index in [-0.39, 0.29) is 12.2 Å². The second-order valence-electron chi connectivity index (χ2n) is 5.29. The highest BCUT2D eigenvalue weighted by atomic mass is 32.2. The first-order valence-corrected chi connectivity index (χ1v) is 8.19. The van der Waals surface area contributed by atoms with E-state index >= 15 is 0 Å². The number of sulfonamides is 1. The van der Waals surface area contributed by atoms with Crippen LogP contribution in [0.2, 0.25) is 0 Å². The summed E-state index contributed by atoms with van der Waals surface area (Å²) in [5.74, 6) is 0. The quantitative estimate of drug-likeness (QED) is 0.790. The molecule has 2 bridgehead atoms. The molecular formula is C12H18N2O4S. The maximum atomic E-state index is 11.6. The highest BCUT2D eigenvalue weighted by Gasteiger charge is 2.37. The van der Waals surface area contributed by atoms with Crippen LogP contribution in [0.1, 0.15) is 5.56 Å². The van der Waals surface area contributed by atoms with Crippen LogP contribution in [0.5, 0.6) is 0 Å². The van der Waals surface area contributed by atoms with Crippen molar-refractivity contribution in [3.8, 4) is 0 Å². The molecule has 0 N–H and O–H groups in total. The third kappa shape index (κ3) is 3.00. The summed E-state index contributed by atoms with van der Waals surface area (Å²) < 4.78 is 35.6. The Labute approximate surface area is 113 Å². The Bertz CT molecular complexity index is 514. The molecule has 0 radical (unpaired) electrons. The zero-order valence-electron chi connectivity index (χ0n) is 10.9. The maximum absolute atomic E-state index is 11.6. The first kappa shape index (κ1) is 13.1. The Morgan fingerprint density at radius 2 is 1.95 bits per heavy atom.